The predicted octanol–water partition coefficient (Wildman–Crippen LogP) is 1.95. The summed E-state index contributed by atoms with van der Waals surface area (Å²) in [6, 6.07) is 0. The second-order valence-electron chi connectivity index (χ2n) is 4.42. The molecule has 1 rings (SSSR count). The van der Waals surface area contributed by atoms with Crippen molar-refractivity contribution in [1.82, 2.24) is 0 Å². The molecular formula is C13H20O5. The van der Waals surface area contributed by atoms with E-state index in [0.29, 0.717) is 0 Å². The molecule has 0 amide bonds. The molecule has 0 bridgehead atoms. The second-order valence-corrected chi connectivity index (χ2v) is 4.42. The number of methoxy groups -OCH3 is 1. The third-order valence-electron chi connectivity index (χ3n) is 2.98. The maximum Gasteiger partial charge on any atom is 0.305 e. The van der Waals surface area contributed by atoms with Crippen LogP contribution in [0.3, 0.4) is 0 Å². The van der Waals surface area contributed by atoms with Gasteiger partial charge in [0, 0.05) is 21.0 Å². The fourth-order valence-electron chi connectivity index (χ4n) is 2.10. The second kappa shape index (κ2) is 6.54. The number of esters is 2. The van der Waals surface area contributed by atoms with Crippen molar-refractivity contribution in [3.05, 3.63) is 12.2 Å². The van der Waals surface area contributed by atoms with E-state index in [-0.39, 0.29) is 5.60 Å². The average Bonchev–Trinajstić information content (AvgIpc) is 2.74. The van der Waals surface area contributed by atoms with Gasteiger partial charge in [-0.2, -0.15) is 0 Å². The van der Waals surface area contributed by atoms with Crippen LogP contribution in [0.5, 0.6) is 0 Å². The maximum absolute atomic E-state index is 10.9. The first-order valence-electron chi connectivity index (χ1n) is 6.06. The molecule has 18 heavy (non-hydrogen) atoms. The third kappa shape index (κ3) is 4.49. The van der Waals surface area contributed by atoms with E-state index in [9.17, 15) is 9.59 Å². The fourth-order valence-corrected chi connectivity index (χ4v) is 2.10. The molecule has 5 nitrogen and oxygen atoms in total. The smallest absolute Gasteiger partial charge is 0.305 e. The van der Waals surface area contributed by atoms with E-state index < -0.39 is 18.2 Å². The molecule has 1 saturated carbocycles. The van der Waals surface area contributed by atoms with E-state index in [1.165, 1.54) is 13.8 Å². The first kappa shape index (κ1) is 14.7. The fraction of sp³-hybridized carbons (Fsp3) is 0.692. The van der Waals surface area contributed by atoms with E-state index in [1.807, 2.05) is 6.08 Å². The molecule has 0 atom stereocenters. The minimum atomic E-state index is -0.979. The van der Waals surface area contributed by atoms with Crippen LogP contribution in [-0.2, 0) is 23.8 Å². The lowest BCUT2D eigenvalue weighted by Gasteiger charge is -2.24. The SMILES string of the molecule is COC1(/C=C/C(OC(C)=O)OC(C)=O)CCCC1. The lowest BCUT2D eigenvalue weighted by Crippen LogP contribution is -2.26. The molecule has 1 aliphatic carbocycles. The van der Waals surface area contributed by atoms with Gasteiger partial charge in [-0.3, -0.25) is 9.59 Å². The minimum absolute atomic E-state index is 0.321. The van der Waals surface area contributed by atoms with Gasteiger partial charge in [-0.1, -0.05) is 12.8 Å². The summed E-state index contributed by atoms with van der Waals surface area (Å²) in [6.45, 7) is 2.54. The summed E-state index contributed by atoms with van der Waals surface area (Å²) in [6.07, 6.45) is 6.47. The van der Waals surface area contributed by atoms with Gasteiger partial charge in [0.05, 0.1) is 5.60 Å². The molecule has 5 heteroatoms. The Labute approximate surface area is 107 Å². The molecule has 1 aliphatic rings. The van der Waals surface area contributed by atoms with Crippen molar-refractivity contribution >= 4 is 11.9 Å². The molecule has 0 aliphatic heterocycles. The Balaban J connectivity index is 2.68. The molecule has 0 aromatic heterocycles. The van der Waals surface area contributed by atoms with Crippen LogP contribution >= 0.6 is 0 Å². The number of hydrogen-bond acceptors (Lipinski definition) is 5. The van der Waals surface area contributed by atoms with Crippen LogP contribution in [-0.4, -0.2) is 30.9 Å². The summed E-state index contributed by atoms with van der Waals surface area (Å²) in [4.78, 5) is 21.8. The quantitative estimate of drug-likeness (QED) is 0.427. The standard InChI is InChI=1S/C13H20O5/c1-10(14)17-12(18-11(2)15)6-9-13(16-3)7-4-5-8-13/h6,9,12H,4-5,7-8H2,1-3H3/b9-6+. The van der Waals surface area contributed by atoms with Crippen LogP contribution in [0.1, 0.15) is 39.5 Å². The van der Waals surface area contributed by atoms with E-state index in [4.69, 9.17) is 14.2 Å². The van der Waals surface area contributed by atoms with Crippen LogP contribution in [0.2, 0.25) is 0 Å². The van der Waals surface area contributed by atoms with Crippen LogP contribution in [0, 0.1) is 0 Å². The zero-order chi connectivity index (χ0) is 13.6. The lowest BCUT2D eigenvalue weighted by atomic mass is 10.0. The Morgan fingerprint density at radius 2 is 1.61 bits per heavy atom. The summed E-state index contributed by atoms with van der Waals surface area (Å²) in [5.41, 5.74) is -0.321. The van der Waals surface area contributed by atoms with Gasteiger partial charge in [-0.25, -0.2) is 0 Å². The number of carbonyl (C=O) groups excluding carboxylic acids is 2. The first-order valence-corrected chi connectivity index (χ1v) is 6.06. The summed E-state index contributed by atoms with van der Waals surface area (Å²) in [5, 5.41) is 0. The summed E-state index contributed by atoms with van der Waals surface area (Å²) >= 11 is 0. The van der Waals surface area contributed by atoms with Crippen molar-refractivity contribution in [1.29, 1.82) is 0 Å². The molecule has 0 heterocycles. The summed E-state index contributed by atoms with van der Waals surface area (Å²) in [7, 11) is 1.66. The largest absolute Gasteiger partial charge is 0.421 e. The van der Waals surface area contributed by atoms with Gasteiger partial charge in [-0.05, 0) is 25.0 Å². The van der Waals surface area contributed by atoms with E-state index in [0.717, 1.165) is 25.7 Å². The van der Waals surface area contributed by atoms with Crippen LogP contribution < -0.4 is 0 Å². The monoisotopic (exact) mass is 256 g/mol. The number of rotatable bonds is 5. The molecule has 0 unspecified atom stereocenters. The van der Waals surface area contributed by atoms with Gasteiger partial charge < -0.3 is 14.2 Å². The van der Waals surface area contributed by atoms with Gasteiger partial charge in [0.2, 0.25) is 0 Å². The van der Waals surface area contributed by atoms with E-state index in [2.05, 4.69) is 0 Å². The van der Waals surface area contributed by atoms with Crippen molar-refractivity contribution in [3.63, 3.8) is 0 Å². The lowest BCUT2D eigenvalue weighted by molar-refractivity contribution is -0.176. The predicted molar refractivity (Wildman–Crippen MR) is 64.7 cm³/mol. The van der Waals surface area contributed by atoms with Crippen molar-refractivity contribution in [2.24, 2.45) is 0 Å². The number of hydrogen-bond donors (Lipinski definition) is 0. The van der Waals surface area contributed by atoms with Crippen molar-refractivity contribution in [3.8, 4) is 0 Å². The normalized spacial score (nSPS) is 18.2. The zero-order valence-electron chi connectivity index (χ0n) is 11.1. The first-order chi connectivity index (χ1) is 8.47. The summed E-state index contributed by atoms with van der Waals surface area (Å²) < 4.78 is 15.3. The molecule has 0 radical (unpaired) electrons. The van der Waals surface area contributed by atoms with Crippen molar-refractivity contribution in [2.75, 3.05) is 7.11 Å². The highest BCUT2D eigenvalue weighted by molar-refractivity contribution is 5.68. The molecule has 0 spiro atoms. The van der Waals surface area contributed by atoms with Crippen molar-refractivity contribution < 1.29 is 23.8 Å². The molecule has 0 N–H and O–H groups in total. The zero-order valence-corrected chi connectivity index (χ0v) is 11.1. The van der Waals surface area contributed by atoms with Crippen LogP contribution in [0.25, 0.3) is 0 Å². The minimum Gasteiger partial charge on any atom is -0.421 e. The van der Waals surface area contributed by atoms with Gasteiger partial charge in [0.1, 0.15) is 0 Å². The Morgan fingerprint density at radius 3 is 2.00 bits per heavy atom. The molecule has 1 fully saturated rings. The van der Waals surface area contributed by atoms with E-state index in [1.54, 1.807) is 13.2 Å². The van der Waals surface area contributed by atoms with Gasteiger partial charge in [-0.15, -0.1) is 0 Å². The van der Waals surface area contributed by atoms with E-state index >= 15 is 0 Å². The highest BCUT2D eigenvalue weighted by Gasteiger charge is 2.31. The highest BCUT2D eigenvalue weighted by Crippen LogP contribution is 2.34. The Kier molecular flexibility index (Phi) is 5.34. The highest BCUT2D eigenvalue weighted by atomic mass is 16.7. The Morgan fingerprint density at radius 1 is 1.11 bits per heavy atom. The van der Waals surface area contributed by atoms with Gasteiger partial charge >= 0.3 is 11.9 Å². The molecule has 0 saturated heterocycles. The Hall–Kier alpha value is -1.36. The van der Waals surface area contributed by atoms with Gasteiger partial charge in [0.15, 0.2) is 0 Å². The third-order valence-corrected chi connectivity index (χ3v) is 2.98. The number of carbonyl (C=O) groups is 2. The summed E-state index contributed by atoms with van der Waals surface area (Å²) in [5.74, 6) is -0.993. The van der Waals surface area contributed by atoms with Crippen LogP contribution in [0.4, 0.5) is 0 Å². The maximum atomic E-state index is 10.9. The molecular weight excluding hydrogens is 236 g/mol. The number of ether oxygens (including phenoxy) is 3. The average molecular weight is 256 g/mol. The van der Waals surface area contributed by atoms with Crippen LogP contribution in [0.15, 0.2) is 12.2 Å². The topological polar surface area (TPSA) is 61.8 Å². The Bertz CT molecular complexity index is 312. The molecule has 0 aromatic rings. The van der Waals surface area contributed by atoms with Crippen molar-refractivity contribution in [2.45, 2.75) is 51.4 Å². The van der Waals surface area contributed by atoms with Gasteiger partial charge in [0.25, 0.3) is 6.29 Å². The molecule has 0 aromatic carbocycles. The molecule has 102 valence electrons.